The van der Waals surface area contributed by atoms with Gasteiger partial charge in [-0.3, -0.25) is 0 Å². The summed E-state index contributed by atoms with van der Waals surface area (Å²) < 4.78 is 2.37. The highest BCUT2D eigenvalue weighted by Gasteiger charge is 2.17. The van der Waals surface area contributed by atoms with Crippen LogP contribution in [0.5, 0.6) is 0 Å². The molecule has 8 aromatic rings. The first-order valence-corrected chi connectivity index (χ1v) is 15.9. The van der Waals surface area contributed by atoms with Crippen molar-refractivity contribution in [1.82, 2.24) is 4.57 Å². The number of aromatic nitrogens is 1. The zero-order valence-corrected chi connectivity index (χ0v) is 26.1. The molecule has 0 N–H and O–H groups in total. The Morgan fingerprint density at radius 1 is 0.478 bits per heavy atom. The number of para-hydroxylation sites is 2. The number of benzene rings is 7. The van der Waals surface area contributed by atoms with Gasteiger partial charge in [0.1, 0.15) is 0 Å². The lowest BCUT2D eigenvalue weighted by molar-refractivity contribution is 1.04. The van der Waals surface area contributed by atoms with Crippen molar-refractivity contribution in [3.63, 3.8) is 0 Å². The number of fused-ring (bicyclic) bond motifs is 4. The Morgan fingerprint density at radius 3 is 1.83 bits per heavy atom. The Hall–Kier alpha value is -5.86. The number of anilines is 3. The number of hydrogen-bond donors (Lipinski definition) is 0. The molecule has 0 amide bonds. The van der Waals surface area contributed by atoms with Crippen molar-refractivity contribution in [1.29, 1.82) is 0 Å². The second kappa shape index (κ2) is 11.6. The quantitative estimate of drug-likeness (QED) is 0.138. The van der Waals surface area contributed by atoms with Crippen LogP contribution in [0.15, 0.2) is 158 Å². The normalized spacial score (nSPS) is 11.6. The molecule has 0 bridgehead atoms. The maximum absolute atomic E-state index is 2.37. The van der Waals surface area contributed by atoms with Gasteiger partial charge in [-0.25, -0.2) is 0 Å². The van der Waals surface area contributed by atoms with E-state index >= 15 is 0 Å². The van der Waals surface area contributed by atoms with Crippen LogP contribution >= 0.6 is 0 Å². The van der Waals surface area contributed by atoms with E-state index in [0.717, 1.165) is 16.9 Å². The van der Waals surface area contributed by atoms with Crippen LogP contribution < -0.4 is 4.90 Å². The fraction of sp³-hybridized carbons (Fsp3) is 0.0455. The molecule has 2 nitrogen and oxygen atoms in total. The van der Waals surface area contributed by atoms with Crippen molar-refractivity contribution in [2.24, 2.45) is 0 Å². The summed E-state index contributed by atoms with van der Waals surface area (Å²) in [6.07, 6.45) is 4.42. The minimum atomic E-state index is 1.12. The van der Waals surface area contributed by atoms with Crippen molar-refractivity contribution in [3.05, 3.63) is 180 Å². The molecule has 0 atom stereocenters. The van der Waals surface area contributed by atoms with Gasteiger partial charge in [-0.15, -0.1) is 0 Å². The van der Waals surface area contributed by atoms with E-state index in [2.05, 4.69) is 193 Å². The molecule has 0 spiro atoms. The van der Waals surface area contributed by atoms with Crippen LogP contribution in [0.1, 0.15) is 22.4 Å². The maximum atomic E-state index is 2.37. The van der Waals surface area contributed by atoms with Gasteiger partial charge in [0, 0.05) is 33.5 Å². The van der Waals surface area contributed by atoms with Crippen molar-refractivity contribution in [2.75, 3.05) is 4.90 Å². The van der Waals surface area contributed by atoms with Gasteiger partial charge in [0.25, 0.3) is 0 Å². The Labute approximate surface area is 270 Å². The highest BCUT2D eigenvalue weighted by atomic mass is 15.1. The monoisotopic (exact) mass is 590 g/mol. The van der Waals surface area contributed by atoms with Crippen LogP contribution in [0.4, 0.5) is 17.1 Å². The van der Waals surface area contributed by atoms with Gasteiger partial charge in [-0.1, -0.05) is 121 Å². The van der Waals surface area contributed by atoms with Gasteiger partial charge in [0.05, 0.1) is 11.2 Å². The van der Waals surface area contributed by atoms with Crippen LogP contribution in [0.25, 0.3) is 50.3 Å². The van der Waals surface area contributed by atoms with Gasteiger partial charge in [0.2, 0.25) is 0 Å². The van der Waals surface area contributed by atoms with E-state index in [0.29, 0.717) is 0 Å². The Morgan fingerprint density at radius 2 is 1.07 bits per heavy atom. The third kappa shape index (κ3) is 4.85. The summed E-state index contributed by atoms with van der Waals surface area (Å²) in [5.41, 5.74) is 10.8. The summed E-state index contributed by atoms with van der Waals surface area (Å²) in [7, 11) is 0. The zero-order valence-electron chi connectivity index (χ0n) is 26.1. The summed E-state index contributed by atoms with van der Waals surface area (Å²) >= 11 is 0. The average Bonchev–Trinajstić information content (AvgIpc) is 3.37. The van der Waals surface area contributed by atoms with E-state index in [1.54, 1.807) is 0 Å². The minimum absolute atomic E-state index is 1.12. The minimum Gasteiger partial charge on any atom is -0.314 e. The first kappa shape index (κ1) is 27.7. The van der Waals surface area contributed by atoms with Gasteiger partial charge < -0.3 is 9.47 Å². The molecule has 0 saturated heterocycles. The molecule has 220 valence electrons. The molecule has 0 aliphatic rings. The van der Waals surface area contributed by atoms with Crippen molar-refractivity contribution in [2.45, 2.75) is 13.8 Å². The van der Waals surface area contributed by atoms with E-state index in [1.165, 1.54) is 60.6 Å². The van der Waals surface area contributed by atoms with Crippen LogP contribution in [0.2, 0.25) is 0 Å². The van der Waals surface area contributed by atoms with Gasteiger partial charge >= 0.3 is 0 Å². The molecular formula is C44H34N2. The maximum Gasteiger partial charge on any atom is 0.0546 e. The molecule has 8 rings (SSSR count). The van der Waals surface area contributed by atoms with E-state index in [4.69, 9.17) is 0 Å². The Balaban J connectivity index is 1.17. The molecule has 1 heterocycles. The SMILES string of the molecule is Cc1c(C)n(-c2ccccc2)c2cc(/C=C/c3ccc(N(c4ccccc4)c4cc5ccccc5c5ccccc45)cc3)ccc12. The summed E-state index contributed by atoms with van der Waals surface area (Å²) in [4.78, 5) is 2.37. The number of hydrogen-bond acceptors (Lipinski definition) is 1. The Bertz CT molecular complexity index is 2360. The molecule has 0 aliphatic heterocycles. The van der Waals surface area contributed by atoms with Crippen LogP contribution in [0, 0.1) is 13.8 Å². The summed E-state index contributed by atoms with van der Waals surface area (Å²) in [6, 6.07) is 56.7. The number of aryl methyl sites for hydroxylation is 1. The highest BCUT2D eigenvalue weighted by molar-refractivity contribution is 6.14. The van der Waals surface area contributed by atoms with Gasteiger partial charge in [-0.05, 0) is 95.2 Å². The van der Waals surface area contributed by atoms with Crippen molar-refractivity contribution in [3.8, 4) is 5.69 Å². The summed E-state index contributed by atoms with van der Waals surface area (Å²) in [5.74, 6) is 0. The largest absolute Gasteiger partial charge is 0.314 e. The molecule has 0 aliphatic carbocycles. The molecule has 0 radical (unpaired) electrons. The van der Waals surface area contributed by atoms with Gasteiger partial charge in [0.15, 0.2) is 0 Å². The molecule has 1 aromatic heterocycles. The molecule has 0 saturated carbocycles. The Kier molecular flexibility index (Phi) is 6.96. The second-order valence-electron chi connectivity index (χ2n) is 11.9. The van der Waals surface area contributed by atoms with E-state index in [9.17, 15) is 0 Å². The second-order valence-corrected chi connectivity index (χ2v) is 11.9. The van der Waals surface area contributed by atoms with Crippen molar-refractivity contribution < 1.29 is 0 Å². The lowest BCUT2D eigenvalue weighted by Crippen LogP contribution is -2.10. The predicted octanol–water partition coefficient (Wildman–Crippen LogP) is 12.2. The summed E-state index contributed by atoms with van der Waals surface area (Å²) in [5, 5.41) is 6.30. The van der Waals surface area contributed by atoms with E-state index in [1.807, 2.05) is 0 Å². The smallest absolute Gasteiger partial charge is 0.0546 e. The fourth-order valence-corrected chi connectivity index (χ4v) is 6.76. The van der Waals surface area contributed by atoms with E-state index < -0.39 is 0 Å². The molecule has 7 aromatic carbocycles. The van der Waals surface area contributed by atoms with Crippen LogP contribution in [-0.2, 0) is 0 Å². The zero-order chi connectivity index (χ0) is 31.0. The lowest BCUT2D eigenvalue weighted by Gasteiger charge is -2.27. The molecule has 0 fully saturated rings. The predicted molar refractivity (Wildman–Crippen MR) is 198 cm³/mol. The van der Waals surface area contributed by atoms with E-state index in [-0.39, 0.29) is 0 Å². The van der Waals surface area contributed by atoms with Crippen molar-refractivity contribution >= 4 is 61.7 Å². The average molecular weight is 591 g/mol. The molecule has 46 heavy (non-hydrogen) atoms. The number of nitrogens with zero attached hydrogens (tertiary/aromatic N) is 2. The molecular weight excluding hydrogens is 556 g/mol. The third-order valence-electron chi connectivity index (χ3n) is 9.18. The first-order chi connectivity index (χ1) is 22.7. The van der Waals surface area contributed by atoms with Crippen LogP contribution in [0.3, 0.4) is 0 Å². The third-order valence-corrected chi connectivity index (χ3v) is 9.18. The summed E-state index contributed by atoms with van der Waals surface area (Å²) in [6.45, 7) is 4.42. The topological polar surface area (TPSA) is 8.17 Å². The highest BCUT2D eigenvalue weighted by Crippen LogP contribution is 2.42. The number of rotatable bonds is 6. The fourth-order valence-electron chi connectivity index (χ4n) is 6.76. The van der Waals surface area contributed by atoms with Gasteiger partial charge in [-0.2, -0.15) is 0 Å². The first-order valence-electron chi connectivity index (χ1n) is 15.9. The standard InChI is InChI=1S/C44H34N2/c1-31-32(2)45(36-14-5-3-6-15-36)43-29-34(25-28-39(31)43)22-21-33-23-26-38(27-24-33)46(37-16-7-4-8-17-37)44-30-35-13-9-10-18-40(35)41-19-11-12-20-42(41)44/h3-30H,1-2H3/b22-21+. The lowest BCUT2D eigenvalue weighted by atomic mass is 9.99. The van der Waals surface area contributed by atoms with Crippen LogP contribution in [-0.4, -0.2) is 4.57 Å². The molecule has 2 heteroatoms. The molecule has 0 unspecified atom stereocenters.